The highest BCUT2D eigenvalue weighted by atomic mass is 14.7. The van der Waals surface area contributed by atoms with Gasteiger partial charge in [-0.3, -0.25) is 4.99 Å². The monoisotopic (exact) mass is 137 g/mol. The third-order valence-electron chi connectivity index (χ3n) is 1.17. The summed E-state index contributed by atoms with van der Waals surface area (Å²) in [5.41, 5.74) is 1.08. The lowest BCUT2D eigenvalue weighted by Gasteiger charge is -2.01. The Morgan fingerprint density at radius 3 is 2.40 bits per heavy atom. The van der Waals surface area contributed by atoms with E-state index in [1.54, 1.807) is 6.20 Å². The highest BCUT2D eigenvalue weighted by Gasteiger charge is 1.97. The van der Waals surface area contributed by atoms with Crippen LogP contribution in [0.5, 0.6) is 0 Å². The van der Waals surface area contributed by atoms with Crippen molar-refractivity contribution < 1.29 is 0 Å². The number of hydrogen-bond donors (Lipinski definition) is 0. The first-order valence-corrected chi connectivity index (χ1v) is 3.53. The molecular weight excluding hydrogens is 122 g/mol. The van der Waals surface area contributed by atoms with E-state index >= 15 is 0 Å². The standard InChI is InChI=1S/C9H15N/c1-5-7-9(8(3)4)10-6-2/h5-8H,2H2,1,3-4H3/b7-5-,10-9+. The number of aliphatic imine (C=N–C) groups is 1. The van der Waals surface area contributed by atoms with Crippen molar-refractivity contribution in [3.8, 4) is 0 Å². The predicted molar refractivity (Wildman–Crippen MR) is 47.3 cm³/mol. The highest BCUT2D eigenvalue weighted by Crippen LogP contribution is 1.98. The second kappa shape index (κ2) is 4.98. The van der Waals surface area contributed by atoms with Crippen molar-refractivity contribution in [1.82, 2.24) is 0 Å². The van der Waals surface area contributed by atoms with Crippen LogP contribution >= 0.6 is 0 Å². The molecule has 0 N–H and O–H groups in total. The fourth-order valence-electron chi connectivity index (χ4n) is 0.661. The van der Waals surface area contributed by atoms with Gasteiger partial charge in [-0.1, -0.05) is 26.5 Å². The molecule has 0 aromatic carbocycles. The number of rotatable bonds is 3. The van der Waals surface area contributed by atoms with E-state index in [9.17, 15) is 0 Å². The molecule has 0 aromatic heterocycles. The number of nitrogens with zero attached hydrogens (tertiary/aromatic N) is 1. The summed E-state index contributed by atoms with van der Waals surface area (Å²) in [4.78, 5) is 4.11. The van der Waals surface area contributed by atoms with Crippen molar-refractivity contribution in [3.05, 3.63) is 24.9 Å². The molecule has 0 spiro atoms. The van der Waals surface area contributed by atoms with Crippen molar-refractivity contribution in [1.29, 1.82) is 0 Å². The smallest absolute Gasteiger partial charge is 0.0425 e. The molecule has 0 aromatic rings. The van der Waals surface area contributed by atoms with Crippen LogP contribution in [0.2, 0.25) is 0 Å². The fourth-order valence-corrected chi connectivity index (χ4v) is 0.661. The van der Waals surface area contributed by atoms with Crippen molar-refractivity contribution in [2.75, 3.05) is 0 Å². The maximum absolute atomic E-state index is 4.11. The SMILES string of the molecule is C=C/N=C(\C=C/C)C(C)C. The van der Waals surface area contributed by atoms with E-state index in [0.717, 1.165) is 5.71 Å². The molecule has 0 aliphatic carbocycles. The minimum atomic E-state index is 0.481. The van der Waals surface area contributed by atoms with Gasteiger partial charge in [-0.25, -0.2) is 0 Å². The molecule has 0 aliphatic heterocycles. The van der Waals surface area contributed by atoms with Gasteiger partial charge >= 0.3 is 0 Å². The molecular formula is C9H15N. The Bertz CT molecular complexity index is 152. The third kappa shape index (κ3) is 3.23. The summed E-state index contributed by atoms with van der Waals surface area (Å²) >= 11 is 0. The van der Waals surface area contributed by atoms with E-state index in [4.69, 9.17) is 0 Å². The lowest BCUT2D eigenvalue weighted by atomic mass is 10.1. The zero-order valence-corrected chi connectivity index (χ0v) is 6.96. The average molecular weight is 137 g/mol. The van der Waals surface area contributed by atoms with Gasteiger partial charge in [0.25, 0.3) is 0 Å². The Morgan fingerprint density at radius 2 is 2.10 bits per heavy atom. The summed E-state index contributed by atoms with van der Waals surface area (Å²) in [7, 11) is 0. The molecule has 56 valence electrons. The normalized spacial score (nSPS) is 13.0. The van der Waals surface area contributed by atoms with Crippen molar-refractivity contribution in [3.63, 3.8) is 0 Å². The van der Waals surface area contributed by atoms with Gasteiger partial charge in [0.15, 0.2) is 0 Å². The summed E-state index contributed by atoms with van der Waals surface area (Å²) in [5.74, 6) is 0.481. The quantitative estimate of drug-likeness (QED) is 0.530. The molecule has 0 aliphatic rings. The molecule has 0 saturated heterocycles. The average Bonchev–Trinajstić information content (AvgIpc) is 1.87. The van der Waals surface area contributed by atoms with Gasteiger partial charge in [0.1, 0.15) is 0 Å². The van der Waals surface area contributed by atoms with E-state index in [2.05, 4.69) is 25.4 Å². The van der Waals surface area contributed by atoms with E-state index in [1.165, 1.54) is 0 Å². The van der Waals surface area contributed by atoms with Crippen molar-refractivity contribution >= 4 is 5.71 Å². The molecule has 0 amide bonds. The number of hydrogen-bond acceptors (Lipinski definition) is 1. The Labute approximate surface area is 63.2 Å². The molecule has 0 rings (SSSR count). The van der Waals surface area contributed by atoms with Gasteiger partial charge in [0.2, 0.25) is 0 Å². The van der Waals surface area contributed by atoms with E-state index in [0.29, 0.717) is 5.92 Å². The highest BCUT2D eigenvalue weighted by molar-refractivity contribution is 5.96. The van der Waals surface area contributed by atoms with E-state index < -0.39 is 0 Å². The molecule has 1 heteroatoms. The molecule has 0 radical (unpaired) electrons. The van der Waals surface area contributed by atoms with Gasteiger partial charge in [-0.2, -0.15) is 0 Å². The minimum Gasteiger partial charge on any atom is -0.262 e. The summed E-state index contributed by atoms with van der Waals surface area (Å²) in [5, 5.41) is 0. The van der Waals surface area contributed by atoms with Gasteiger partial charge in [0, 0.05) is 11.9 Å². The molecule has 0 saturated carbocycles. The van der Waals surface area contributed by atoms with Gasteiger partial charge in [-0.05, 0) is 18.9 Å². The van der Waals surface area contributed by atoms with E-state index in [1.807, 2.05) is 19.1 Å². The van der Waals surface area contributed by atoms with Crippen LogP contribution in [0.15, 0.2) is 29.9 Å². The molecule has 10 heavy (non-hydrogen) atoms. The first-order valence-electron chi connectivity index (χ1n) is 3.53. The van der Waals surface area contributed by atoms with Crippen LogP contribution < -0.4 is 0 Å². The van der Waals surface area contributed by atoms with Crippen LogP contribution in [0.3, 0.4) is 0 Å². The second-order valence-electron chi connectivity index (χ2n) is 2.39. The second-order valence-corrected chi connectivity index (χ2v) is 2.39. The Balaban J connectivity index is 4.25. The Kier molecular flexibility index (Phi) is 4.55. The Morgan fingerprint density at radius 1 is 1.50 bits per heavy atom. The van der Waals surface area contributed by atoms with Crippen LogP contribution in [0, 0.1) is 5.92 Å². The number of allylic oxidation sites excluding steroid dienone is 2. The maximum Gasteiger partial charge on any atom is 0.0425 e. The molecule has 1 nitrogen and oxygen atoms in total. The van der Waals surface area contributed by atoms with Crippen LogP contribution in [-0.2, 0) is 0 Å². The molecule has 0 heterocycles. The lowest BCUT2D eigenvalue weighted by Crippen LogP contribution is -2.02. The Hall–Kier alpha value is -0.850. The van der Waals surface area contributed by atoms with Crippen molar-refractivity contribution in [2.45, 2.75) is 20.8 Å². The van der Waals surface area contributed by atoms with Gasteiger partial charge < -0.3 is 0 Å². The molecule has 0 unspecified atom stereocenters. The zero-order chi connectivity index (χ0) is 7.98. The third-order valence-corrected chi connectivity index (χ3v) is 1.17. The van der Waals surface area contributed by atoms with Crippen LogP contribution in [-0.4, -0.2) is 5.71 Å². The van der Waals surface area contributed by atoms with Crippen LogP contribution in [0.25, 0.3) is 0 Å². The minimum absolute atomic E-state index is 0.481. The van der Waals surface area contributed by atoms with Crippen molar-refractivity contribution in [2.24, 2.45) is 10.9 Å². The molecule has 0 atom stereocenters. The summed E-state index contributed by atoms with van der Waals surface area (Å²) in [6, 6.07) is 0. The maximum atomic E-state index is 4.11. The largest absolute Gasteiger partial charge is 0.262 e. The van der Waals surface area contributed by atoms with Crippen LogP contribution in [0.1, 0.15) is 20.8 Å². The fraction of sp³-hybridized carbons (Fsp3) is 0.444. The summed E-state index contributed by atoms with van der Waals surface area (Å²) < 4.78 is 0. The van der Waals surface area contributed by atoms with Gasteiger partial charge in [0.05, 0.1) is 0 Å². The zero-order valence-electron chi connectivity index (χ0n) is 6.96. The first kappa shape index (κ1) is 9.15. The molecule has 0 fully saturated rings. The van der Waals surface area contributed by atoms with Gasteiger partial charge in [-0.15, -0.1) is 0 Å². The van der Waals surface area contributed by atoms with E-state index in [-0.39, 0.29) is 0 Å². The summed E-state index contributed by atoms with van der Waals surface area (Å²) in [6.07, 6.45) is 5.57. The summed E-state index contributed by atoms with van der Waals surface area (Å²) in [6.45, 7) is 9.76. The predicted octanol–water partition coefficient (Wildman–Crippen LogP) is 2.80. The first-order chi connectivity index (χ1) is 4.72. The lowest BCUT2D eigenvalue weighted by molar-refractivity contribution is 0.888. The topological polar surface area (TPSA) is 12.4 Å². The van der Waals surface area contributed by atoms with Crippen LogP contribution in [0.4, 0.5) is 0 Å². The molecule has 0 bridgehead atoms.